The fraction of sp³-hybridized carbons (Fsp3) is 0. The lowest BCUT2D eigenvalue weighted by atomic mass is 10.2. The third-order valence-corrected chi connectivity index (χ3v) is 3.15. The van der Waals surface area contributed by atoms with E-state index in [1.165, 1.54) is 0 Å². The van der Waals surface area contributed by atoms with Crippen molar-refractivity contribution in [1.29, 1.82) is 0 Å². The van der Waals surface area contributed by atoms with Crippen LogP contribution < -0.4 is 10.5 Å². The van der Waals surface area contributed by atoms with E-state index in [0.717, 1.165) is 10.9 Å². The molecular formula is C15H11N5O. The van der Waals surface area contributed by atoms with Crippen LogP contribution in [0.4, 0.5) is 5.82 Å². The minimum Gasteiger partial charge on any atom is -0.436 e. The van der Waals surface area contributed by atoms with Crippen molar-refractivity contribution in [2.24, 2.45) is 0 Å². The maximum atomic E-state index is 5.82. The van der Waals surface area contributed by atoms with E-state index in [2.05, 4.69) is 15.0 Å². The van der Waals surface area contributed by atoms with Crippen LogP contribution in [0.2, 0.25) is 0 Å². The molecule has 0 radical (unpaired) electrons. The van der Waals surface area contributed by atoms with E-state index < -0.39 is 0 Å². The minimum atomic E-state index is 0.370. The van der Waals surface area contributed by atoms with Gasteiger partial charge in [0.05, 0.1) is 11.7 Å². The number of nitrogens with two attached hydrogens (primary N) is 1. The van der Waals surface area contributed by atoms with Crippen LogP contribution >= 0.6 is 0 Å². The molecule has 0 aliphatic carbocycles. The van der Waals surface area contributed by atoms with Crippen LogP contribution in [0.1, 0.15) is 0 Å². The first-order valence-electron chi connectivity index (χ1n) is 6.41. The van der Waals surface area contributed by atoms with E-state index in [1.807, 2.05) is 30.3 Å². The first-order valence-corrected chi connectivity index (χ1v) is 6.41. The molecule has 3 heterocycles. The van der Waals surface area contributed by atoms with E-state index in [0.29, 0.717) is 23.1 Å². The van der Waals surface area contributed by atoms with Crippen LogP contribution in [0.3, 0.4) is 0 Å². The van der Waals surface area contributed by atoms with Crippen molar-refractivity contribution >= 4 is 22.4 Å². The summed E-state index contributed by atoms with van der Waals surface area (Å²) in [4.78, 5) is 12.7. The Morgan fingerprint density at radius 3 is 3.00 bits per heavy atom. The molecule has 0 fully saturated rings. The quantitative estimate of drug-likeness (QED) is 0.609. The summed E-state index contributed by atoms with van der Waals surface area (Å²) in [6.45, 7) is 0. The molecule has 0 saturated heterocycles. The van der Waals surface area contributed by atoms with Gasteiger partial charge in [0.25, 0.3) is 5.88 Å². The molecule has 4 rings (SSSR count). The average molecular weight is 277 g/mol. The summed E-state index contributed by atoms with van der Waals surface area (Å²) >= 11 is 0. The van der Waals surface area contributed by atoms with Gasteiger partial charge in [-0.2, -0.15) is 4.98 Å². The number of ether oxygens (including phenoxy) is 1. The summed E-state index contributed by atoms with van der Waals surface area (Å²) in [6, 6.07) is 9.58. The van der Waals surface area contributed by atoms with Crippen LogP contribution in [-0.4, -0.2) is 19.4 Å². The van der Waals surface area contributed by atoms with Crippen molar-refractivity contribution in [1.82, 2.24) is 19.4 Å². The molecule has 21 heavy (non-hydrogen) atoms. The fourth-order valence-corrected chi connectivity index (χ4v) is 2.21. The summed E-state index contributed by atoms with van der Waals surface area (Å²) in [5, 5.41) is 1.05. The second-order valence-corrected chi connectivity index (χ2v) is 4.59. The Morgan fingerprint density at radius 1 is 1.10 bits per heavy atom. The SMILES string of the molecule is Nc1cn2ccnc2c(Oc2ccc3cccnc3c2)n1. The van der Waals surface area contributed by atoms with Crippen molar-refractivity contribution in [2.75, 3.05) is 5.73 Å². The minimum absolute atomic E-state index is 0.370. The van der Waals surface area contributed by atoms with Crippen LogP contribution in [0.15, 0.2) is 55.1 Å². The highest BCUT2D eigenvalue weighted by Gasteiger charge is 2.09. The Balaban J connectivity index is 1.80. The standard InChI is InChI=1S/C15H11N5O/c16-13-9-20-7-6-18-14(20)15(19-13)21-11-4-3-10-2-1-5-17-12(10)8-11/h1-9H,16H2. The molecular weight excluding hydrogens is 266 g/mol. The number of nitrogens with zero attached hydrogens (tertiary/aromatic N) is 4. The van der Waals surface area contributed by atoms with E-state index in [-0.39, 0.29) is 0 Å². The summed E-state index contributed by atoms with van der Waals surface area (Å²) < 4.78 is 7.60. The second-order valence-electron chi connectivity index (χ2n) is 4.59. The summed E-state index contributed by atoms with van der Waals surface area (Å²) in [7, 11) is 0. The van der Waals surface area contributed by atoms with Gasteiger partial charge in [0.15, 0.2) is 0 Å². The van der Waals surface area contributed by atoms with Crippen LogP contribution in [-0.2, 0) is 0 Å². The number of imidazole rings is 1. The maximum Gasteiger partial charge on any atom is 0.265 e. The van der Waals surface area contributed by atoms with Crippen molar-refractivity contribution in [3.8, 4) is 11.6 Å². The van der Waals surface area contributed by atoms with E-state index >= 15 is 0 Å². The zero-order valence-corrected chi connectivity index (χ0v) is 11.0. The van der Waals surface area contributed by atoms with Gasteiger partial charge in [-0.25, -0.2) is 4.98 Å². The number of anilines is 1. The molecule has 0 atom stereocenters. The normalized spacial score (nSPS) is 11.0. The zero-order chi connectivity index (χ0) is 14.2. The molecule has 4 aromatic rings. The Bertz CT molecular complexity index is 947. The van der Waals surface area contributed by atoms with E-state index in [4.69, 9.17) is 10.5 Å². The van der Waals surface area contributed by atoms with Crippen molar-refractivity contribution in [2.45, 2.75) is 0 Å². The number of aromatic nitrogens is 4. The predicted octanol–water partition coefficient (Wildman–Crippen LogP) is 2.65. The topological polar surface area (TPSA) is 78.3 Å². The molecule has 0 aliphatic heterocycles. The molecule has 102 valence electrons. The smallest absolute Gasteiger partial charge is 0.265 e. The Hall–Kier alpha value is -3.15. The fourth-order valence-electron chi connectivity index (χ4n) is 2.21. The summed E-state index contributed by atoms with van der Waals surface area (Å²) in [5.74, 6) is 1.38. The summed E-state index contributed by atoms with van der Waals surface area (Å²) in [5.41, 5.74) is 7.25. The first kappa shape index (κ1) is 11.7. The molecule has 2 N–H and O–H groups in total. The lowest BCUT2D eigenvalue weighted by Gasteiger charge is -2.07. The average Bonchev–Trinajstić information content (AvgIpc) is 2.95. The van der Waals surface area contributed by atoms with Crippen molar-refractivity contribution < 1.29 is 4.74 Å². The van der Waals surface area contributed by atoms with Crippen LogP contribution in [0.25, 0.3) is 16.6 Å². The van der Waals surface area contributed by atoms with Gasteiger partial charge in [-0.15, -0.1) is 0 Å². The monoisotopic (exact) mass is 277 g/mol. The van der Waals surface area contributed by atoms with Gasteiger partial charge in [-0.3, -0.25) is 9.38 Å². The first-order chi connectivity index (χ1) is 10.3. The van der Waals surface area contributed by atoms with Gasteiger partial charge in [0, 0.05) is 30.0 Å². The number of hydrogen-bond donors (Lipinski definition) is 1. The number of hydrogen-bond acceptors (Lipinski definition) is 5. The van der Waals surface area contributed by atoms with Crippen molar-refractivity contribution in [3.05, 3.63) is 55.1 Å². The number of rotatable bonds is 2. The number of benzene rings is 1. The third-order valence-electron chi connectivity index (χ3n) is 3.15. The third kappa shape index (κ3) is 2.02. The van der Waals surface area contributed by atoms with Crippen LogP contribution in [0.5, 0.6) is 11.6 Å². The Kier molecular flexibility index (Phi) is 2.47. The molecule has 0 bridgehead atoms. The van der Waals surface area contributed by atoms with Gasteiger partial charge in [0.1, 0.15) is 11.6 Å². The van der Waals surface area contributed by atoms with Crippen molar-refractivity contribution in [3.63, 3.8) is 0 Å². The van der Waals surface area contributed by atoms with Gasteiger partial charge < -0.3 is 10.5 Å². The number of pyridine rings is 1. The molecule has 0 amide bonds. The van der Waals surface area contributed by atoms with Gasteiger partial charge >= 0.3 is 0 Å². The highest BCUT2D eigenvalue weighted by Crippen LogP contribution is 2.26. The summed E-state index contributed by atoms with van der Waals surface area (Å²) in [6.07, 6.45) is 6.91. The van der Waals surface area contributed by atoms with Gasteiger partial charge in [0.2, 0.25) is 5.65 Å². The van der Waals surface area contributed by atoms with Crippen LogP contribution in [0, 0.1) is 0 Å². The number of fused-ring (bicyclic) bond motifs is 2. The second kappa shape index (κ2) is 4.45. The van der Waals surface area contributed by atoms with Gasteiger partial charge in [-0.05, 0) is 18.2 Å². The zero-order valence-electron chi connectivity index (χ0n) is 11.0. The molecule has 6 heteroatoms. The molecule has 0 aliphatic rings. The van der Waals surface area contributed by atoms with Gasteiger partial charge in [-0.1, -0.05) is 6.07 Å². The van der Waals surface area contributed by atoms with E-state index in [1.54, 1.807) is 29.2 Å². The highest BCUT2D eigenvalue weighted by molar-refractivity contribution is 5.79. The largest absolute Gasteiger partial charge is 0.436 e. The predicted molar refractivity (Wildman–Crippen MR) is 79.2 cm³/mol. The number of nitrogen functional groups attached to an aromatic ring is 1. The molecule has 3 aromatic heterocycles. The lowest BCUT2D eigenvalue weighted by molar-refractivity contribution is 0.466. The lowest BCUT2D eigenvalue weighted by Crippen LogP contribution is -1.99. The molecule has 0 saturated carbocycles. The van der Waals surface area contributed by atoms with E-state index in [9.17, 15) is 0 Å². The molecule has 0 spiro atoms. The highest BCUT2D eigenvalue weighted by atomic mass is 16.5. The Labute approximate surface area is 119 Å². The molecule has 6 nitrogen and oxygen atoms in total. The Morgan fingerprint density at radius 2 is 2.05 bits per heavy atom. The maximum absolute atomic E-state index is 5.82. The molecule has 1 aromatic carbocycles. The molecule has 0 unspecified atom stereocenters.